The maximum atomic E-state index is 10.8. The lowest BCUT2D eigenvalue weighted by Gasteiger charge is -2.12. The number of benzene rings is 1. The Labute approximate surface area is 191 Å². The Balaban J connectivity index is 2.53. The fraction of sp³-hybridized carbons (Fsp3) is 0.769. The molecule has 0 aliphatic heterocycles. The van der Waals surface area contributed by atoms with Crippen LogP contribution < -0.4 is 4.74 Å². The number of ether oxygens (including phenoxy) is 1. The number of hydrogen-bond donors (Lipinski definition) is 1. The maximum Gasteiger partial charge on any atom is 0.264 e. The second-order valence-corrected chi connectivity index (χ2v) is 10.4. The average Bonchev–Trinajstić information content (AvgIpc) is 2.72. The van der Waals surface area contributed by atoms with E-state index in [1.807, 2.05) is 0 Å². The molecule has 1 aromatic carbocycles. The first kappa shape index (κ1) is 28.0. The summed E-state index contributed by atoms with van der Waals surface area (Å²) in [6, 6.07) is 6.66. The highest BCUT2D eigenvalue weighted by molar-refractivity contribution is 7.85. The van der Waals surface area contributed by atoms with Gasteiger partial charge in [-0.05, 0) is 61.8 Å². The van der Waals surface area contributed by atoms with E-state index in [4.69, 9.17) is 9.29 Å². The van der Waals surface area contributed by atoms with Crippen molar-refractivity contribution >= 4 is 10.1 Å². The summed E-state index contributed by atoms with van der Waals surface area (Å²) in [6.45, 7) is 4.98. The van der Waals surface area contributed by atoms with Crippen molar-refractivity contribution < 1.29 is 17.7 Å². The predicted molar refractivity (Wildman–Crippen MR) is 132 cm³/mol. The Hall–Kier alpha value is -1.07. The third kappa shape index (κ3) is 16.3. The Morgan fingerprint density at radius 1 is 0.677 bits per heavy atom. The molecule has 0 saturated carbocycles. The lowest BCUT2D eigenvalue weighted by atomic mass is 9.99. The van der Waals surface area contributed by atoms with Gasteiger partial charge in [0.1, 0.15) is 5.75 Å². The van der Waals surface area contributed by atoms with E-state index in [-0.39, 0.29) is 5.75 Å². The van der Waals surface area contributed by atoms with E-state index in [0.717, 1.165) is 18.6 Å². The first-order valence-electron chi connectivity index (χ1n) is 12.7. The average molecular weight is 455 g/mol. The van der Waals surface area contributed by atoms with Gasteiger partial charge in [-0.1, -0.05) is 84.1 Å². The number of hydrogen-bond acceptors (Lipinski definition) is 3. The number of aryl methyl sites for hydroxylation is 2. The predicted octanol–water partition coefficient (Wildman–Crippen LogP) is 7.54. The van der Waals surface area contributed by atoms with E-state index < -0.39 is 10.1 Å². The number of unbranched alkanes of at least 4 members (excludes halogenated alkanes) is 11. The molecule has 0 fully saturated rings. The van der Waals surface area contributed by atoms with Crippen LogP contribution in [0.15, 0.2) is 18.2 Å². The van der Waals surface area contributed by atoms with Gasteiger partial charge < -0.3 is 4.74 Å². The van der Waals surface area contributed by atoms with Crippen LogP contribution in [0.4, 0.5) is 0 Å². The van der Waals surface area contributed by atoms with Gasteiger partial charge in [0.25, 0.3) is 10.1 Å². The van der Waals surface area contributed by atoms with Crippen LogP contribution in [-0.4, -0.2) is 25.3 Å². The molecule has 31 heavy (non-hydrogen) atoms. The van der Waals surface area contributed by atoms with Gasteiger partial charge in [-0.3, -0.25) is 4.55 Å². The van der Waals surface area contributed by atoms with E-state index in [1.54, 1.807) is 0 Å². The molecule has 5 heteroatoms. The Bertz CT molecular complexity index is 636. The van der Waals surface area contributed by atoms with Crippen molar-refractivity contribution in [1.82, 2.24) is 0 Å². The minimum Gasteiger partial charge on any atom is -0.494 e. The molecule has 0 bridgehead atoms. The molecule has 0 amide bonds. The highest BCUT2D eigenvalue weighted by atomic mass is 32.2. The van der Waals surface area contributed by atoms with Crippen molar-refractivity contribution in [2.45, 2.75) is 117 Å². The maximum absolute atomic E-state index is 10.8. The van der Waals surface area contributed by atoms with E-state index in [1.165, 1.54) is 88.2 Å². The topological polar surface area (TPSA) is 63.6 Å². The highest BCUT2D eigenvalue weighted by Crippen LogP contribution is 2.22. The van der Waals surface area contributed by atoms with Crippen LogP contribution in [0, 0.1) is 0 Å². The zero-order valence-corrected chi connectivity index (χ0v) is 20.9. The molecule has 0 atom stereocenters. The minimum absolute atomic E-state index is 0.197. The van der Waals surface area contributed by atoms with E-state index in [0.29, 0.717) is 19.4 Å². The summed E-state index contributed by atoms with van der Waals surface area (Å²) in [6.07, 6.45) is 18.8. The summed E-state index contributed by atoms with van der Waals surface area (Å²) in [5.74, 6) is 0.703. The van der Waals surface area contributed by atoms with Crippen LogP contribution in [0.1, 0.15) is 115 Å². The summed E-state index contributed by atoms with van der Waals surface area (Å²) in [4.78, 5) is 0. The van der Waals surface area contributed by atoms with Crippen LogP contribution >= 0.6 is 0 Å². The normalized spacial score (nSPS) is 11.7. The van der Waals surface area contributed by atoms with Crippen LogP contribution in [0.25, 0.3) is 0 Å². The summed E-state index contributed by atoms with van der Waals surface area (Å²) in [7, 11) is -3.88. The molecule has 0 spiro atoms. The zero-order chi connectivity index (χ0) is 22.8. The summed E-state index contributed by atoms with van der Waals surface area (Å²) < 4.78 is 36.5. The van der Waals surface area contributed by atoms with Crippen LogP contribution in [0.3, 0.4) is 0 Å². The SMILES string of the molecule is CCCCCCCCc1cc(CCCCCCCC)cc(OCCCCS(=O)(=O)O)c1. The molecular formula is C26H46O4S. The molecule has 1 N–H and O–H groups in total. The first-order chi connectivity index (χ1) is 14.9. The molecule has 1 aromatic rings. The molecule has 1 rings (SSSR count). The summed E-state index contributed by atoms with van der Waals surface area (Å²) >= 11 is 0. The second-order valence-electron chi connectivity index (χ2n) is 8.86. The molecule has 0 heterocycles. The van der Waals surface area contributed by atoms with Crippen LogP contribution in [0.2, 0.25) is 0 Å². The Kier molecular flexibility index (Phi) is 15.8. The smallest absolute Gasteiger partial charge is 0.264 e. The van der Waals surface area contributed by atoms with Crippen molar-refractivity contribution in [2.75, 3.05) is 12.4 Å². The van der Waals surface area contributed by atoms with Gasteiger partial charge in [-0.2, -0.15) is 8.42 Å². The Morgan fingerprint density at radius 3 is 1.65 bits per heavy atom. The molecule has 0 saturated heterocycles. The van der Waals surface area contributed by atoms with Crippen molar-refractivity contribution in [1.29, 1.82) is 0 Å². The van der Waals surface area contributed by atoms with E-state index in [2.05, 4.69) is 32.0 Å². The van der Waals surface area contributed by atoms with Gasteiger partial charge in [0.2, 0.25) is 0 Å². The lowest BCUT2D eigenvalue weighted by molar-refractivity contribution is 0.308. The second kappa shape index (κ2) is 17.5. The Morgan fingerprint density at radius 2 is 1.16 bits per heavy atom. The molecule has 180 valence electrons. The molecule has 0 radical (unpaired) electrons. The summed E-state index contributed by atoms with van der Waals surface area (Å²) in [5.41, 5.74) is 2.71. The quantitative estimate of drug-likeness (QED) is 0.163. The third-order valence-electron chi connectivity index (χ3n) is 5.73. The largest absolute Gasteiger partial charge is 0.494 e. The molecule has 0 unspecified atom stereocenters. The van der Waals surface area contributed by atoms with Crippen LogP contribution in [-0.2, 0) is 23.0 Å². The van der Waals surface area contributed by atoms with Crippen molar-refractivity contribution in [3.8, 4) is 5.75 Å². The lowest BCUT2D eigenvalue weighted by Crippen LogP contribution is -2.06. The molecule has 0 aromatic heterocycles. The fourth-order valence-corrected chi connectivity index (χ4v) is 4.46. The molecular weight excluding hydrogens is 408 g/mol. The van der Waals surface area contributed by atoms with Gasteiger partial charge in [-0.15, -0.1) is 0 Å². The highest BCUT2D eigenvalue weighted by Gasteiger charge is 2.06. The number of rotatable bonds is 20. The molecule has 4 nitrogen and oxygen atoms in total. The molecule has 0 aliphatic carbocycles. The zero-order valence-electron chi connectivity index (χ0n) is 20.0. The van der Waals surface area contributed by atoms with Gasteiger partial charge in [0, 0.05) is 0 Å². The standard InChI is InChI=1S/C26H46O4S/c1-3-5-7-9-11-13-17-24-21-25(18-14-12-10-8-6-4-2)23-26(22-24)30-19-15-16-20-31(27,28)29/h21-23H,3-20H2,1-2H3,(H,27,28,29). The van der Waals surface area contributed by atoms with Gasteiger partial charge in [-0.25, -0.2) is 0 Å². The van der Waals surface area contributed by atoms with Crippen molar-refractivity contribution in [3.05, 3.63) is 29.3 Å². The van der Waals surface area contributed by atoms with Crippen LogP contribution in [0.5, 0.6) is 5.75 Å². The minimum atomic E-state index is -3.88. The van der Waals surface area contributed by atoms with Gasteiger partial charge >= 0.3 is 0 Å². The molecule has 0 aliphatic rings. The fourth-order valence-electron chi connectivity index (χ4n) is 3.90. The van der Waals surface area contributed by atoms with Crippen molar-refractivity contribution in [2.24, 2.45) is 0 Å². The van der Waals surface area contributed by atoms with E-state index >= 15 is 0 Å². The monoisotopic (exact) mass is 454 g/mol. The van der Waals surface area contributed by atoms with Gasteiger partial charge in [0.15, 0.2) is 0 Å². The van der Waals surface area contributed by atoms with Gasteiger partial charge in [0.05, 0.1) is 12.4 Å². The summed E-state index contributed by atoms with van der Waals surface area (Å²) in [5, 5.41) is 0. The third-order valence-corrected chi connectivity index (χ3v) is 6.53. The van der Waals surface area contributed by atoms with Crippen molar-refractivity contribution in [3.63, 3.8) is 0 Å². The first-order valence-corrected chi connectivity index (χ1v) is 14.3. The van der Waals surface area contributed by atoms with E-state index in [9.17, 15) is 8.42 Å².